The number of ether oxygens (including phenoxy) is 1. The van der Waals surface area contributed by atoms with Gasteiger partial charge in [-0.2, -0.15) is 0 Å². The van der Waals surface area contributed by atoms with Crippen molar-refractivity contribution in [2.75, 3.05) is 19.6 Å². The van der Waals surface area contributed by atoms with Gasteiger partial charge in [0.25, 0.3) is 0 Å². The number of likely N-dealkylation sites (tertiary alicyclic amines) is 1. The van der Waals surface area contributed by atoms with Crippen molar-refractivity contribution in [2.24, 2.45) is 5.92 Å². The molecule has 1 atom stereocenters. The Morgan fingerprint density at radius 2 is 1.83 bits per heavy atom. The fourth-order valence-corrected chi connectivity index (χ4v) is 3.33. The first-order valence-corrected chi connectivity index (χ1v) is 9.69. The summed E-state index contributed by atoms with van der Waals surface area (Å²) >= 11 is 0. The zero-order valence-corrected chi connectivity index (χ0v) is 16.2. The van der Waals surface area contributed by atoms with Crippen LogP contribution in [0.2, 0.25) is 0 Å². The van der Waals surface area contributed by atoms with Crippen LogP contribution in [0.4, 0.5) is 22.4 Å². The Hall–Kier alpha value is -2.32. The first-order chi connectivity index (χ1) is 13.7. The van der Waals surface area contributed by atoms with Gasteiger partial charge in [0.1, 0.15) is 17.6 Å². The summed E-state index contributed by atoms with van der Waals surface area (Å²) in [6.07, 6.45) is 0.0963. The van der Waals surface area contributed by atoms with E-state index in [1.165, 1.54) is 0 Å². The van der Waals surface area contributed by atoms with E-state index in [2.05, 4.69) is 5.32 Å². The van der Waals surface area contributed by atoms with Crippen molar-refractivity contribution in [2.45, 2.75) is 50.8 Å². The SMILES string of the molecule is CC1(OC(=O)N2CCC(C(F)CNC(=O)Cc3c(F)ccc(F)c3F)CC2)CC1. The molecule has 160 valence electrons. The summed E-state index contributed by atoms with van der Waals surface area (Å²) in [7, 11) is 0. The van der Waals surface area contributed by atoms with E-state index in [1.807, 2.05) is 6.92 Å². The highest BCUT2D eigenvalue weighted by Crippen LogP contribution is 2.39. The van der Waals surface area contributed by atoms with E-state index in [-0.39, 0.29) is 24.2 Å². The van der Waals surface area contributed by atoms with E-state index in [9.17, 15) is 27.2 Å². The van der Waals surface area contributed by atoms with Crippen LogP contribution in [0.5, 0.6) is 0 Å². The van der Waals surface area contributed by atoms with Crippen LogP contribution in [0.1, 0.15) is 38.2 Å². The summed E-state index contributed by atoms with van der Waals surface area (Å²) in [6.45, 7) is 2.30. The van der Waals surface area contributed by atoms with Crippen LogP contribution in [0.25, 0.3) is 0 Å². The van der Waals surface area contributed by atoms with Crippen molar-refractivity contribution in [1.82, 2.24) is 10.2 Å². The average molecular weight is 416 g/mol. The van der Waals surface area contributed by atoms with Crippen LogP contribution >= 0.6 is 0 Å². The van der Waals surface area contributed by atoms with Gasteiger partial charge in [-0.1, -0.05) is 0 Å². The van der Waals surface area contributed by atoms with Crippen molar-refractivity contribution in [1.29, 1.82) is 0 Å². The molecule has 2 amide bonds. The molecule has 1 heterocycles. The molecule has 29 heavy (non-hydrogen) atoms. The van der Waals surface area contributed by atoms with Crippen molar-refractivity contribution < 1.29 is 31.9 Å². The lowest BCUT2D eigenvalue weighted by atomic mass is 9.92. The maximum Gasteiger partial charge on any atom is 0.410 e. The molecule has 0 spiro atoms. The van der Waals surface area contributed by atoms with E-state index >= 15 is 0 Å². The highest BCUT2D eigenvalue weighted by atomic mass is 19.2. The topological polar surface area (TPSA) is 58.6 Å². The smallest absolute Gasteiger partial charge is 0.410 e. The number of nitrogens with zero attached hydrogens (tertiary/aromatic N) is 1. The number of alkyl halides is 1. The van der Waals surface area contributed by atoms with E-state index in [4.69, 9.17) is 4.74 Å². The van der Waals surface area contributed by atoms with Crippen LogP contribution in [0.3, 0.4) is 0 Å². The number of piperidine rings is 1. The summed E-state index contributed by atoms with van der Waals surface area (Å²) in [5, 5.41) is 2.30. The third kappa shape index (κ3) is 5.39. The summed E-state index contributed by atoms with van der Waals surface area (Å²) < 4.78 is 60.2. The molecule has 0 bridgehead atoms. The summed E-state index contributed by atoms with van der Waals surface area (Å²) in [5.74, 6) is -4.85. The zero-order valence-electron chi connectivity index (χ0n) is 16.2. The lowest BCUT2D eigenvalue weighted by Crippen LogP contribution is -2.44. The van der Waals surface area contributed by atoms with Crippen molar-refractivity contribution in [3.63, 3.8) is 0 Å². The number of hydrogen-bond donors (Lipinski definition) is 1. The molecule has 3 rings (SSSR count). The predicted molar refractivity (Wildman–Crippen MR) is 96.3 cm³/mol. The molecule has 0 aromatic heterocycles. The maximum atomic E-state index is 14.5. The Labute approximate surface area is 166 Å². The molecule has 2 aliphatic rings. The predicted octanol–water partition coefficient (Wildman–Crippen LogP) is 3.50. The van der Waals surface area contributed by atoms with Crippen molar-refractivity contribution >= 4 is 12.0 Å². The molecule has 1 aliphatic carbocycles. The quantitative estimate of drug-likeness (QED) is 0.571. The molecule has 1 saturated carbocycles. The average Bonchev–Trinajstić information content (AvgIpc) is 3.43. The van der Waals surface area contributed by atoms with Crippen molar-refractivity contribution in [3.05, 3.63) is 35.1 Å². The standard InChI is InChI=1S/C20H24F4N2O3/c1-20(6-7-20)29-19(28)26-8-4-12(5-9-26)16(23)11-25-17(27)10-13-14(21)2-3-15(22)18(13)24/h2-3,12,16H,4-11H2,1H3,(H,25,27). The number of nitrogens with one attached hydrogen (secondary N) is 1. The van der Waals surface area contributed by atoms with Gasteiger partial charge in [0.2, 0.25) is 5.91 Å². The highest BCUT2D eigenvalue weighted by Gasteiger charge is 2.43. The maximum absolute atomic E-state index is 14.5. The number of carbonyl (C=O) groups is 2. The largest absolute Gasteiger partial charge is 0.443 e. The lowest BCUT2D eigenvalue weighted by Gasteiger charge is -2.33. The Balaban J connectivity index is 1.42. The number of rotatable bonds is 6. The lowest BCUT2D eigenvalue weighted by molar-refractivity contribution is -0.120. The fourth-order valence-electron chi connectivity index (χ4n) is 3.33. The molecular weight excluding hydrogens is 392 g/mol. The molecule has 0 radical (unpaired) electrons. The molecule has 1 N–H and O–H groups in total. The van der Waals surface area contributed by atoms with Gasteiger partial charge >= 0.3 is 6.09 Å². The van der Waals surface area contributed by atoms with Gasteiger partial charge in [0.05, 0.1) is 6.42 Å². The number of benzene rings is 1. The Morgan fingerprint density at radius 1 is 1.21 bits per heavy atom. The monoisotopic (exact) mass is 416 g/mol. The molecular formula is C20H24F4N2O3. The molecule has 1 aliphatic heterocycles. The second-order valence-corrected chi connectivity index (χ2v) is 7.96. The van der Waals surface area contributed by atoms with E-state index in [0.29, 0.717) is 32.0 Å². The van der Waals surface area contributed by atoms with Gasteiger partial charge in [-0.3, -0.25) is 4.79 Å². The van der Waals surface area contributed by atoms with Gasteiger partial charge in [0, 0.05) is 25.2 Å². The minimum atomic E-state index is -1.42. The molecule has 1 aromatic rings. The van der Waals surface area contributed by atoms with Crippen LogP contribution in [0.15, 0.2) is 12.1 Å². The molecule has 1 aromatic carbocycles. The first-order valence-electron chi connectivity index (χ1n) is 9.69. The van der Waals surface area contributed by atoms with Crippen LogP contribution in [-0.2, 0) is 16.0 Å². The second-order valence-electron chi connectivity index (χ2n) is 7.96. The Morgan fingerprint density at radius 3 is 2.45 bits per heavy atom. The van der Waals surface area contributed by atoms with Gasteiger partial charge in [0.15, 0.2) is 11.6 Å². The van der Waals surface area contributed by atoms with Gasteiger partial charge in [-0.15, -0.1) is 0 Å². The van der Waals surface area contributed by atoms with E-state index in [1.54, 1.807) is 4.90 Å². The van der Waals surface area contributed by atoms with Crippen LogP contribution in [-0.4, -0.2) is 48.3 Å². The van der Waals surface area contributed by atoms with Gasteiger partial charge < -0.3 is 15.0 Å². The number of hydrogen-bond acceptors (Lipinski definition) is 3. The van der Waals surface area contributed by atoms with Crippen molar-refractivity contribution in [3.8, 4) is 0 Å². The second kappa shape index (κ2) is 8.59. The minimum absolute atomic E-state index is 0.315. The summed E-state index contributed by atoms with van der Waals surface area (Å²) in [6, 6.07) is 1.37. The van der Waals surface area contributed by atoms with Crippen LogP contribution in [0, 0.1) is 23.4 Å². The molecule has 9 heteroatoms. The van der Waals surface area contributed by atoms with Gasteiger partial charge in [-0.05, 0) is 50.7 Å². The zero-order chi connectivity index (χ0) is 21.2. The number of carbonyl (C=O) groups excluding carboxylic acids is 2. The molecule has 1 unspecified atom stereocenters. The summed E-state index contributed by atoms with van der Waals surface area (Å²) in [5.41, 5.74) is -1.05. The summed E-state index contributed by atoms with van der Waals surface area (Å²) in [4.78, 5) is 25.5. The Kier molecular flexibility index (Phi) is 6.33. The molecule has 5 nitrogen and oxygen atoms in total. The van der Waals surface area contributed by atoms with Crippen LogP contribution < -0.4 is 5.32 Å². The first kappa shape index (κ1) is 21.4. The third-order valence-corrected chi connectivity index (χ3v) is 5.57. The number of amides is 2. The number of halogens is 4. The molecule has 1 saturated heterocycles. The van der Waals surface area contributed by atoms with E-state index in [0.717, 1.165) is 18.9 Å². The highest BCUT2D eigenvalue weighted by molar-refractivity contribution is 5.78. The normalized spacial score (nSPS) is 19.6. The van der Waals surface area contributed by atoms with Gasteiger partial charge in [-0.25, -0.2) is 22.4 Å². The Bertz CT molecular complexity index is 777. The van der Waals surface area contributed by atoms with E-state index < -0.39 is 41.5 Å². The minimum Gasteiger partial charge on any atom is -0.443 e. The molecule has 2 fully saturated rings. The third-order valence-electron chi connectivity index (χ3n) is 5.57. The fraction of sp³-hybridized carbons (Fsp3) is 0.600.